The normalized spacial score (nSPS) is 11.6. The number of rotatable bonds is 7. The van der Waals surface area contributed by atoms with Gasteiger partial charge < -0.3 is 9.88 Å². The highest BCUT2D eigenvalue weighted by atomic mass is 79.9. The van der Waals surface area contributed by atoms with Crippen molar-refractivity contribution in [3.63, 3.8) is 0 Å². The van der Waals surface area contributed by atoms with E-state index in [0.717, 1.165) is 10.7 Å². The highest BCUT2D eigenvalue weighted by molar-refractivity contribution is 9.10. The van der Waals surface area contributed by atoms with Gasteiger partial charge in [0.15, 0.2) is 5.82 Å². The summed E-state index contributed by atoms with van der Waals surface area (Å²) in [5, 5.41) is 3.15. The standard InChI is InChI=1S/C18H17BrClFN4O4S/c1-25-9-22-17-14(25)8-11(18(26)24-29-5-6-30(2,27)28)16(15(17)21)23-13-4-3-10(19)7-12(13)20/h3-4,7-9,23H,5-6H2,1-2H3,(H,24,26). The molecule has 2 aromatic carbocycles. The molecule has 0 saturated carbocycles. The number of nitrogens with zero attached hydrogens (tertiary/aromatic N) is 2. The Labute approximate surface area is 185 Å². The molecule has 30 heavy (non-hydrogen) atoms. The zero-order valence-electron chi connectivity index (χ0n) is 15.9. The van der Waals surface area contributed by atoms with Gasteiger partial charge in [-0.3, -0.25) is 9.63 Å². The van der Waals surface area contributed by atoms with Crippen LogP contribution in [0.25, 0.3) is 11.0 Å². The minimum Gasteiger partial charge on any atom is -0.351 e. The lowest BCUT2D eigenvalue weighted by atomic mass is 10.1. The van der Waals surface area contributed by atoms with E-state index in [1.165, 1.54) is 12.4 Å². The predicted octanol–water partition coefficient (Wildman–Crippen LogP) is 3.58. The van der Waals surface area contributed by atoms with E-state index in [4.69, 9.17) is 16.4 Å². The number of amides is 1. The number of benzene rings is 2. The minimum atomic E-state index is -3.26. The molecule has 0 aliphatic carbocycles. The molecule has 1 amide bonds. The second kappa shape index (κ2) is 8.88. The largest absolute Gasteiger partial charge is 0.351 e. The summed E-state index contributed by atoms with van der Waals surface area (Å²) in [6.07, 6.45) is 2.47. The third-order valence-electron chi connectivity index (χ3n) is 4.12. The third kappa shape index (κ3) is 5.09. The zero-order valence-corrected chi connectivity index (χ0v) is 19.0. The van der Waals surface area contributed by atoms with Crippen molar-refractivity contribution in [3.05, 3.63) is 51.5 Å². The lowest BCUT2D eigenvalue weighted by Gasteiger charge is -2.15. The second-order valence-electron chi connectivity index (χ2n) is 6.50. The smallest absolute Gasteiger partial charge is 0.277 e. The molecule has 0 fully saturated rings. The molecule has 1 aromatic heterocycles. The summed E-state index contributed by atoms with van der Waals surface area (Å²) in [6, 6.07) is 6.41. The Morgan fingerprint density at radius 2 is 2.10 bits per heavy atom. The number of fused-ring (bicyclic) bond motifs is 1. The number of carbonyl (C=O) groups excluding carboxylic acids is 1. The zero-order chi connectivity index (χ0) is 22.1. The van der Waals surface area contributed by atoms with Crippen molar-refractivity contribution in [2.45, 2.75) is 0 Å². The molecule has 1 heterocycles. The molecule has 0 bridgehead atoms. The van der Waals surface area contributed by atoms with Gasteiger partial charge in [-0.15, -0.1) is 0 Å². The van der Waals surface area contributed by atoms with Gasteiger partial charge in [0.2, 0.25) is 0 Å². The molecule has 2 N–H and O–H groups in total. The Morgan fingerprint density at radius 1 is 1.37 bits per heavy atom. The number of sulfone groups is 1. The van der Waals surface area contributed by atoms with Crippen molar-refractivity contribution in [2.24, 2.45) is 7.05 Å². The first kappa shape index (κ1) is 22.5. The SMILES string of the molecule is Cn1cnc2c(F)c(Nc3ccc(Br)cc3Cl)c(C(=O)NOCCS(C)(=O)=O)cc21. The second-order valence-corrected chi connectivity index (χ2v) is 10.1. The fourth-order valence-corrected chi connectivity index (χ4v) is 3.72. The third-order valence-corrected chi connectivity index (χ3v) is 5.83. The van der Waals surface area contributed by atoms with Gasteiger partial charge in [-0.2, -0.15) is 0 Å². The summed E-state index contributed by atoms with van der Waals surface area (Å²) in [4.78, 5) is 21.7. The number of carbonyl (C=O) groups is 1. The molecule has 0 aliphatic rings. The van der Waals surface area contributed by atoms with Crippen LogP contribution in [0.2, 0.25) is 5.02 Å². The lowest BCUT2D eigenvalue weighted by molar-refractivity contribution is 0.0371. The Hall–Kier alpha value is -2.21. The van der Waals surface area contributed by atoms with Crippen molar-refractivity contribution < 1.29 is 22.4 Å². The van der Waals surface area contributed by atoms with Crippen molar-refractivity contribution in [3.8, 4) is 0 Å². The summed E-state index contributed by atoms with van der Waals surface area (Å²) >= 11 is 9.51. The van der Waals surface area contributed by atoms with Crippen LogP contribution < -0.4 is 10.8 Å². The van der Waals surface area contributed by atoms with Crippen LogP contribution in [-0.2, 0) is 21.7 Å². The molecule has 8 nitrogen and oxygen atoms in total. The number of imidazole rings is 1. The van der Waals surface area contributed by atoms with Gasteiger partial charge in [0.05, 0.1) is 46.2 Å². The summed E-state index contributed by atoms with van der Waals surface area (Å²) in [5.41, 5.74) is 2.77. The van der Waals surface area contributed by atoms with E-state index in [0.29, 0.717) is 16.2 Å². The molecule has 160 valence electrons. The van der Waals surface area contributed by atoms with E-state index >= 15 is 4.39 Å². The fourth-order valence-electron chi connectivity index (χ4n) is 2.62. The van der Waals surface area contributed by atoms with Crippen molar-refractivity contribution in [1.29, 1.82) is 0 Å². The number of anilines is 2. The first-order chi connectivity index (χ1) is 14.1. The van der Waals surface area contributed by atoms with Crippen LogP contribution in [0, 0.1) is 5.82 Å². The van der Waals surface area contributed by atoms with Crippen LogP contribution in [0.4, 0.5) is 15.8 Å². The van der Waals surface area contributed by atoms with Gasteiger partial charge in [-0.25, -0.2) is 23.3 Å². The molecular formula is C18H17BrClFN4O4S. The topological polar surface area (TPSA) is 102 Å². The number of halogens is 3. The van der Waals surface area contributed by atoms with E-state index < -0.39 is 21.6 Å². The van der Waals surface area contributed by atoms with E-state index in [1.54, 1.807) is 29.8 Å². The van der Waals surface area contributed by atoms with E-state index in [-0.39, 0.29) is 29.1 Å². The number of aryl methyl sites for hydroxylation is 1. The number of hydrogen-bond acceptors (Lipinski definition) is 6. The maximum absolute atomic E-state index is 15.3. The van der Waals surface area contributed by atoms with E-state index in [1.807, 2.05) is 0 Å². The minimum absolute atomic E-state index is 0.0676. The van der Waals surface area contributed by atoms with Gasteiger partial charge in [0, 0.05) is 17.8 Å². The summed E-state index contributed by atoms with van der Waals surface area (Å²) in [6.45, 7) is -0.248. The van der Waals surface area contributed by atoms with Crippen LogP contribution >= 0.6 is 27.5 Å². The van der Waals surface area contributed by atoms with E-state index in [2.05, 4.69) is 31.7 Å². The monoisotopic (exact) mass is 518 g/mol. The number of aromatic nitrogens is 2. The first-order valence-electron chi connectivity index (χ1n) is 8.52. The molecule has 3 aromatic rings. The van der Waals surface area contributed by atoms with Crippen molar-refractivity contribution in [1.82, 2.24) is 15.0 Å². The number of hydroxylamine groups is 1. The quantitative estimate of drug-likeness (QED) is 0.365. The van der Waals surface area contributed by atoms with Crippen molar-refractivity contribution >= 4 is 65.7 Å². The Morgan fingerprint density at radius 3 is 2.77 bits per heavy atom. The van der Waals surface area contributed by atoms with E-state index in [9.17, 15) is 13.2 Å². The molecule has 12 heteroatoms. The molecule has 0 saturated heterocycles. The first-order valence-corrected chi connectivity index (χ1v) is 11.8. The highest BCUT2D eigenvalue weighted by Crippen LogP contribution is 2.34. The maximum atomic E-state index is 15.3. The average molecular weight is 520 g/mol. The Kier molecular flexibility index (Phi) is 6.65. The molecule has 0 radical (unpaired) electrons. The summed E-state index contributed by atoms with van der Waals surface area (Å²) in [5.74, 6) is -1.78. The van der Waals surface area contributed by atoms with Gasteiger partial charge in [0.25, 0.3) is 5.91 Å². The highest BCUT2D eigenvalue weighted by Gasteiger charge is 2.22. The fraction of sp³-hybridized carbons (Fsp3) is 0.222. The molecule has 0 atom stereocenters. The van der Waals surface area contributed by atoms with Crippen molar-refractivity contribution in [2.75, 3.05) is 23.9 Å². The molecule has 0 unspecified atom stereocenters. The Bertz CT molecular complexity index is 1230. The van der Waals surface area contributed by atoms with Crippen LogP contribution in [0.3, 0.4) is 0 Å². The number of nitrogens with one attached hydrogen (secondary N) is 2. The number of hydrogen-bond donors (Lipinski definition) is 2. The van der Waals surface area contributed by atoms with Gasteiger partial charge in [-0.1, -0.05) is 27.5 Å². The van der Waals surface area contributed by atoms with Crippen LogP contribution in [0.15, 0.2) is 35.1 Å². The van der Waals surface area contributed by atoms with Crippen LogP contribution in [0.1, 0.15) is 10.4 Å². The molecule has 3 rings (SSSR count). The van der Waals surface area contributed by atoms with Gasteiger partial charge in [0.1, 0.15) is 15.4 Å². The Balaban J connectivity index is 1.97. The van der Waals surface area contributed by atoms with Crippen LogP contribution in [-0.4, -0.2) is 42.5 Å². The molecular weight excluding hydrogens is 503 g/mol. The van der Waals surface area contributed by atoms with Crippen LogP contribution in [0.5, 0.6) is 0 Å². The molecule has 0 aliphatic heterocycles. The maximum Gasteiger partial charge on any atom is 0.277 e. The predicted molar refractivity (Wildman–Crippen MR) is 116 cm³/mol. The molecule has 0 spiro atoms. The van der Waals surface area contributed by atoms with Gasteiger partial charge >= 0.3 is 0 Å². The lowest BCUT2D eigenvalue weighted by Crippen LogP contribution is -2.27. The average Bonchev–Trinajstić information content (AvgIpc) is 3.03. The summed E-state index contributed by atoms with van der Waals surface area (Å²) in [7, 11) is -1.59. The summed E-state index contributed by atoms with van der Waals surface area (Å²) < 4.78 is 39.9. The van der Waals surface area contributed by atoms with Gasteiger partial charge in [-0.05, 0) is 24.3 Å².